The number of fused-ring (bicyclic) bond motifs is 2. The van der Waals surface area contributed by atoms with Crippen molar-refractivity contribution in [2.45, 2.75) is 82.8 Å². The summed E-state index contributed by atoms with van der Waals surface area (Å²) in [5.74, 6) is 0.427. The predicted octanol–water partition coefficient (Wildman–Crippen LogP) is 3.76. The van der Waals surface area contributed by atoms with Gasteiger partial charge in [0.15, 0.2) is 11.5 Å². The number of piperazine rings is 1. The molecular formula is C39H50N4O6. The average Bonchev–Trinajstić information content (AvgIpc) is 3.67. The maximum absolute atomic E-state index is 14.1. The van der Waals surface area contributed by atoms with Gasteiger partial charge >= 0.3 is 0 Å². The number of carbonyl (C=O) groups excluding carboxylic acids is 2. The summed E-state index contributed by atoms with van der Waals surface area (Å²) in [6, 6.07) is 22.6. The summed E-state index contributed by atoms with van der Waals surface area (Å²) < 4.78 is 11.0. The molecule has 262 valence electrons. The second-order valence-electron chi connectivity index (χ2n) is 14.8. The summed E-state index contributed by atoms with van der Waals surface area (Å²) in [4.78, 5) is 32.1. The van der Waals surface area contributed by atoms with E-state index in [1.165, 1.54) is 0 Å². The quantitative estimate of drug-likeness (QED) is 0.243. The van der Waals surface area contributed by atoms with Crippen molar-refractivity contribution in [3.05, 3.63) is 95.1 Å². The number of aliphatic hydroxyl groups is 2. The number of nitrogens with zero attached hydrogens (tertiary/aromatic N) is 2. The standard InChI is InChI=1S/C39H50N4O6/c1-25(27-10-6-5-7-11-27)31(37(46)40-36-30-13-9-8-12-28(30)19-33(36)45)20-29(44)22-43-17-16-42(23-32(43)38(47)41-39(2,3)4)21-26-14-15-34-35(18-26)49-24-48-34/h5-15,18,25,29,31-33,36,44-45H,16-17,19-24H2,1-4H3,(H,40,46)(H,41,47). The lowest BCUT2D eigenvalue weighted by molar-refractivity contribution is -0.132. The molecule has 0 aromatic heterocycles. The van der Waals surface area contributed by atoms with Gasteiger partial charge in [-0.25, -0.2) is 0 Å². The van der Waals surface area contributed by atoms with Crippen LogP contribution in [0.3, 0.4) is 0 Å². The lowest BCUT2D eigenvalue weighted by Gasteiger charge is -2.42. The van der Waals surface area contributed by atoms with Crippen molar-refractivity contribution < 1.29 is 29.3 Å². The Morgan fingerprint density at radius 2 is 1.71 bits per heavy atom. The number of ether oxygens (including phenoxy) is 2. The summed E-state index contributed by atoms with van der Waals surface area (Å²) in [5.41, 5.74) is 3.62. The number of hydrogen-bond acceptors (Lipinski definition) is 8. The van der Waals surface area contributed by atoms with E-state index in [-0.39, 0.29) is 37.5 Å². The van der Waals surface area contributed by atoms with Crippen LogP contribution in [0.1, 0.15) is 68.3 Å². The van der Waals surface area contributed by atoms with Gasteiger partial charge in [-0.1, -0.05) is 67.6 Å². The minimum atomic E-state index is -0.868. The Kier molecular flexibility index (Phi) is 10.6. The fraction of sp³-hybridized carbons (Fsp3) is 0.487. The molecule has 2 amide bonds. The lowest BCUT2D eigenvalue weighted by Crippen LogP contribution is -2.62. The minimum Gasteiger partial charge on any atom is -0.454 e. The van der Waals surface area contributed by atoms with Crippen LogP contribution in [0.25, 0.3) is 0 Å². The Bertz CT molecular complexity index is 1610. The first-order valence-electron chi connectivity index (χ1n) is 17.4. The van der Waals surface area contributed by atoms with E-state index in [0.717, 1.165) is 33.8 Å². The van der Waals surface area contributed by atoms with Crippen molar-refractivity contribution in [2.24, 2.45) is 5.92 Å². The summed E-state index contributed by atoms with van der Waals surface area (Å²) in [6.07, 6.45) is -0.887. The Balaban J connectivity index is 1.17. The maximum Gasteiger partial charge on any atom is 0.239 e. The number of aliphatic hydroxyl groups excluding tert-OH is 2. The Morgan fingerprint density at radius 3 is 2.49 bits per heavy atom. The fourth-order valence-corrected chi connectivity index (χ4v) is 7.41. The van der Waals surface area contributed by atoms with E-state index < -0.39 is 35.7 Å². The van der Waals surface area contributed by atoms with Gasteiger partial charge in [0.05, 0.1) is 18.2 Å². The molecule has 0 spiro atoms. The molecule has 6 unspecified atom stereocenters. The van der Waals surface area contributed by atoms with Crippen LogP contribution in [0.4, 0.5) is 0 Å². The molecule has 6 atom stereocenters. The van der Waals surface area contributed by atoms with Crippen LogP contribution in [0.2, 0.25) is 0 Å². The van der Waals surface area contributed by atoms with Crippen LogP contribution in [-0.2, 0) is 22.6 Å². The number of benzene rings is 3. The van der Waals surface area contributed by atoms with E-state index >= 15 is 0 Å². The third kappa shape index (κ3) is 8.44. The van der Waals surface area contributed by atoms with Gasteiger partial charge in [0.25, 0.3) is 0 Å². The number of nitrogens with one attached hydrogen (secondary N) is 2. The number of rotatable bonds is 11. The molecule has 1 aliphatic carbocycles. The lowest BCUT2D eigenvalue weighted by atomic mass is 9.82. The molecule has 2 heterocycles. The van der Waals surface area contributed by atoms with Crippen LogP contribution >= 0.6 is 0 Å². The Labute approximate surface area is 289 Å². The van der Waals surface area contributed by atoms with Crippen molar-refractivity contribution in [1.82, 2.24) is 20.4 Å². The third-order valence-corrected chi connectivity index (χ3v) is 9.96. The van der Waals surface area contributed by atoms with Crippen molar-refractivity contribution in [3.8, 4) is 11.5 Å². The zero-order chi connectivity index (χ0) is 34.7. The summed E-state index contributed by atoms with van der Waals surface area (Å²) >= 11 is 0. The van der Waals surface area contributed by atoms with Gasteiger partial charge in [0, 0.05) is 50.6 Å². The molecule has 2 aliphatic heterocycles. The first kappa shape index (κ1) is 34.9. The van der Waals surface area contributed by atoms with Gasteiger partial charge in [0.1, 0.15) is 6.04 Å². The van der Waals surface area contributed by atoms with E-state index in [4.69, 9.17) is 9.47 Å². The minimum absolute atomic E-state index is 0.0871. The molecule has 10 nitrogen and oxygen atoms in total. The zero-order valence-electron chi connectivity index (χ0n) is 29.0. The fourth-order valence-electron chi connectivity index (χ4n) is 7.41. The zero-order valence-corrected chi connectivity index (χ0v) is 29.0. The molecule has 0 radical (unpaired) electrons. The van der Waals surface area contributed by atoms with Crippen molar-refractivity contribution >= 4 is 11.8 Å². The normalized spacial score (nSPS) is 22.6. The van der Waals surface area contributed by atoms with Crippen LogP contribution in [0, 0.1) is 5.92 Å². The van der Waals surface area contributed by atoms with E-state index in [1.54, 1.807) is 0 Å². The van der Waals surface area contributed by atoms with Crippen LogP contribution in [-0.4, -0.2) is 88.6 Å². The average molecular weight is 671 g/mol. The summed E-state index contributed by atoms with van der Waals surface area (Å²) in [5, 5.41) is 28.8. The van der Waals surface area contributed by atoms with Crippen LogP contribution in [0.15, 0.2) is 72.8 Å². The van der Waals surface area contributed by atoms with Gasteiger partial charge in [-0.05, 0) is 67.5 Å². The van der Waals surface area contributed by atoms with Gasteiger partial charge in [-0.2, -0.15) is 0 Å². The smallest absolute Gasteiger partial charge is 0.239 e. The molecule has 0 bridgehead atoms. The van der Waals surface area contributed by atoms with E-state index in [2.05, 4.69) is 20.4 Å². The summed E-state index contributed by atoms with van der Waals surface area (Å²) in [6.45, 7) is 10.8. The number of β-amino-alcohol motifs (C(OH)–C–C–N with tert-alkyl or cyclic N) is 1. The molecule has 1 saturated heterocycles. The molecule has 10 heteroatoms. The predicted molar refractivity (Wildman–Crippen MR) is 187 cm³/mol. The molecular weight excluding hydrogens is 620 g/mol. The van der Waals surface area contributed by atoms with Crippen molar-refractivity contribution in [3.63, 3.8) is 0 Å². The van der Waals surface area contributed by atoms with E-state index in [9.17, 15) is 19.8 Å². The highest BCUT2D eigenvalue weighted by molar-refractivity contribution is 5.83. The molecule has 3 aliphatic rings. The highest BCUT2D eigenvalue weighted by atomic mass is 16.7. The second-order valence-corrected chi connectivity index (χ2v) is 14.8. The first-order chi connectivity index (χ1) is 23.4. The van der Waals surface area contributed by atoms with E-state index in [0.29, 0.717) is 32.6 Å². The second kappa shape index (κ2) is 14.9. The molecule has 0 saturated carbocycles. The van der Waals surface area contributed by atoms with Gasteiger partial charge < -0.3 is 30.3 Å². The Hall–Kier alpha value is -3.96. The Morgan fingerprint density at radius 1 is 0.980 bits per heavy atom. The third-order valence-electron chi connectivity index (χ3n) is 9.96. The monoisotopic (exact) mass is 670 g/mol. The highest BCUT2D eigenvalue weighted by Crippen LogP contribution is 2.35. The molecule has 6 rings (SSSR count). The molecule has 3 aromatic rings. The van der Waals surface area contributed by atoms with Crippen LogP contribution < -0.4 is 20.1 Å². The molecule has 3 aromatic carbocycles. The number of hydrogen-bond donors (Lipinski definition) is 4. The highest BCUT2D eigenvalue weighted by Gasteiger charge is 2.38. The molecule has 4 N–H and O–H groups in total. The first-order valence-corrected chi connectivity index (χ1v) is 17.4. The summed E-state index contributed by atoms with van der Waals surface area (Å²) in [7, 11) is 0. The van der Waals surface area contributed by atoms with Crippen molar-refractivity contribution in [2.75, 3.05) is 33.0 Å². The van der Waals surface area contributed by atoms with Gasteiger partial charge in [0.2, 0.25) is 18.6 Å². The SMILES string of the molecule is CC(c1ccccc1)C(CC(O)CN1CCN(Cc2ccc3c(c2)OCO3)CC1C(=O)NC(C)(C)C)C(=O)NC1c2ccccc2CC1O. The topological polar surface area (TPSA) is 124 Å². The number of amides is 2. The molecule has 1 fully saturated rings. The number of carbonyl (C=O) groups is 2. The van der Waals surface area contributed by atoms with Gasteiger partial charge in [-0.3, -0.25) is 19.4 Å². The van der Waals surface area contributed by atoms with Crippen molar-refractivity contribution in [1.29, 1.82) is 0 Å². The maximum atomic E-state index is 14.1. The molecule has 49 heavy (non-hydrogen) atoms. The van der Waals surface area contributed by atoms with Crippen LogP contribution in [0.5, 0.6) is 11.5 Å². The van der Waals surface area contributed by atoms with Gasteiger partial charge in [-0.15, -0.1) is 0 Å². The van der Waals surface area contributed by atoms with E-state index in [1.807, 2.05) is 100 Å². The largest absolute Gasteiger partial charge is 0.454 e.